The summed E-state index contributed by atoms with van der Waals surface area (Å²) in [7, 11) is -3.39. The fraction of sp³-hybridized carbons (Fsp3) is 0.524. The number of ether oxygens (including phenoxy) is 1. The molecule has 0 amide bonds. The summed E-state index contributed by atoms with van der Waals surface area (Å²) in [5, 5.41) is 4.45. The number of halogens is 4. The Bertz CT molecular complexity index is 1190. The third-order valence-electron chi connectivity index (χ3n) is 6.23. The smallest absolute Gasteiger partial charge is 0.417 e. The van der Waals surface area contributed by atoms with Crippen molar-refractivity contribution >= 4 is 37.6 Å². The van der Waals surface area contributed by atoms with E-state index < -0.39 is 38.5 Å². The Labute approximate surface area is 197 Å². The second-order valence-electron chi connectivity index (χ2n) is 8.28. The van der Waals surface area contributed by atoms with Crippen LogP contribution in [-0.4, -0.2) is 43.9 Å². The molecule has 0 N–H and O–H groups in total. The zero-order chi connectivity index (χ0) is 24.1. The van der Waals surface area contributed by atoms with E-state index in [1.165, 1.54) is 20.1 Å². The van der Waals surface area contributed by atoms with E-state index in [-0.39, 0.29) is 26.9 Å². The maximum Gasteiger partial charge on any atom is 0.417 e. The molecule has 2 aromatic rings. The Morgan fingerprint density at radius 1 is 1.21 bits per heavy atom. The van der Waals surface area contributed by atoms with Gasteiger partial charge in [-0.1, -0.05) is 15.9 Å². The third-order valence-corrected chi connectivity index (χ3v) is 8.67. The average Bonchev–Trinajstić information content (AvgIpc) is 3.29. The molecular weight excluding hydrogens is 527 g/mol. The lowest BCUT2D eigenvalue weighted by atomic mass is 9.93. The van der Waals surface area contributed by atoms with Crippen molar-refractivity contribution in [2.45, 2.75) is 67.1 Å². The predicted octanol–water partition coefficient (Wildman–Crippen LogP) is 4.67. The van der Waals surface area contributed by atoms with Crippen LogP contribution < -0.4 is 4.90 Å². The van der Waals surface area contributed by atoms with Crippen LogP contribution in [-0.2, 0) is 25.5 Å². The summed E-state index contributed by atoms with van der Waals surface area (Å²) >= 11 is 3.00. The van der Waals surface area contributed by atoms with Gasteiger partial charge >= 0.3 is 12.1 Å². The molecule has 180 valence electrons. The van der Waals surface area contributed by atoms with E-state index in [1.807, 2.05) is 0 Å². The van der Waals surface area contributed by atoms with Gasteiger partial charge in [-0.25, -0.2) is 17.9 Å². The second-order valence-corrected chi connectivity index (χ2v) is 11.1. The van der Waals surface area contributed by atoms with E-state index in [4.69, 9.17) is 4.74 Å². The van der Waals surface area contributed by atoms with Crippen LogP contribution in [0, 0.1) is 6.92 Å². The topological polar surface area (TPSA) is 81.5 Å². The van der Waals surface area contributed by atoms with Crippen LogP contribution in [0.2, 0.25) is 0 Å². The Balaban J connectivity index is 1.96. The number of carbonyl (C=O) groups excluding carboxylic acids is 1. The number of hydrogen-bond acceptors (Lipinski definition) is 6. The van der Waals surface area contributed by atoms with Crippen molar-refractivity contribution in [3.05, 3.63) is 33.9 Å². The van der Waals surface area contributed by atoms with Crippen molar-refractivity contribution in [2.75, 3.05) is 18.6 Å². The number of carbonyl (C=O) groups is 1. The number of benzene rings is 1. The number of methoxy groups -OCH3 is 1. The number of sulfone groups is 1. The molecular formula is C21H23BrF3N3O4S. The minimum Gasteiger partial charge on any atom is -0.467 e. The van der Waals surface area contributed by atoms with Gasteiger partial charge in [-0.05, 0) is 57.2 Å². The minimum atomic E-state index is -4.88. The molecule has 1 unspecified atom stereocenters. The fourth-order valence-electron chi connectivity index (χ4n) is 4.45. The molecule has 2 aliphatic rings. The highest BCUT2D eigenvalue weighted by molar-refractivity contribution is 9.10. The van der Waals surface area contributed by atoms with E-state index >= 15 is 0 Å². The largest absolute Gasteiger partial charge is 0.467 e. The molecule has 1 aromatic heterocycles. The van der Waals surface area contributed by atoms with E-state index in [0.29, 0.717) is 19.4 Å². The standard InChI is InChI=1S/C21H23BrF3N3O4S/c1-12-18(33(30,31)17-9-8-13(22)11-15(17)21(23,24)25)19(28(26-12)14-5-3-6-14)27-10-4-7-16(27)20(29)32-2/h8-9,11,14,16H,3-7,10H2,1-2H3. The van der Waals surface area contributed by atoms with Gasteiger partial charge in [0.05, 0.1) is 29.3 Å². The SMILES string of the molecule is COC(=O)C1CCCN1c1c(S(=O)(=O)c2ccc(Br)cc2C(F)(F)F)c(C)nn1C1CCC1. The lowest BCUT2D eigenvalue weighted by Crippen LogP contribution is -2.39. The Morgan fingerprint density at radius 2 is 1.91 bits per heavy atom. The maximum absolute atomic E-state index is 13.8. The molecule has 0 spiro atoms. The summed E-state index contributed by atoms with van der Waals surface area (Å²) in [5.41, 5.74) is -1.16. The van der Waals surface area contributed by atoms with Crippen molar-refractivity contribution in [3.63, 3.8) is 0 Å². The van der Waals surface area contributed by atoms with Gasteiger partial charge in [0.1, 0.15) is 16.8 Å². The van der Waals surface area contributed by atoms with Gasteiger partial charge in [0.25, 0.3) is 0 Å². The van der Waals surface area contributed by atoms with E-state index in [1.54, 1.807) is 9.58 Å². The number of nitrogens with zero attached hydrogens (tertiary/aromatic N) is 3. The summed E-state index contributed by atoms with van der Waals surface area (Å²) in [6.45, 7) is 1.84. The van der Waals surface area contributed by atoms with Crippen molar-refractivity contribution in [1.29, 1.82) is 0 Å². The molecule has 7 nitrogen and oxygen atoms in total. The Morgan fingerprint density at radius 3 is 2.48 bits per heavy atom. The highest BCUT2D eigenvalue weighted by Crippen LogP contribution is 2.45. The van der Waals surface area contributed by atoms with Crippen LogP contribution in [0.3, 0.4) is 0 Å². The number of alkyl halides is 3. The monoisotopic (exact) mass is 549 g/mol. The van der Waals surface area contributed by atoms with E-state index in [0.717, 1.165) is 31.4 Å². The van der Waals surface area contributed by atoms with Gasteiger partial charge in [-0.2, -0.15) is 18.3 Å². The molecule has 33 heavy (non-hydrogen) atoms. The summed E-state index contributed by atoms with van der Waals surface area (Å²) < 4.78 is 75.6. The lowest BCUT2D eigenvalue weighted by molar-refractivity contribution is -0.142. The zero-order valence-corrected chi connectivity index (χ0v) is 20.4. The molecule has 1 saturated heterocycles. The number of hydrogen-bond donors (Lipinski definition) is 0. The first-order valence-corrected chi connectivity index (χ1v) is 12.8. The molecule has 1 saturated carbocycles. The van der Waals surface area contributed by atoms with Crippen LogP contribution in [0.4, 0.5) is 19.0 Å². The number of anilines is 1. The third kappa shape index (κ3) is 4.16. The van der Waals surface area contributed by atoms with Crippen molar-refractivity contribution in [2.24, 2.45) is 0 Å². The first-order valence-electron chi connectivity index (χ1n) is 10.5. The van der Waals surface area contributed by atoms with Gasteiger partial charge in [-0.15, -0.1) is 0 Å². The molecule has 0 radical (unpaired) electrons. The second kappa shape index (κ2) is 8.61. The molecule has 1 aliphatic heterocycles. The van der Waals surface area contributed by atoms with Crippen LogP contribution in [0.25, 0.3) is 0 Å². The molecule has 12 heteroatoms. The van der Waals surface area contributed by atoms with Crippen molar-refractivity contribution < 1.29 is 31.1 Å². The summed E-state index contributed by atoms with van der Waals surface area (Å²) in [4.78, 5) is 12.9. The number of rotatable bonds is 5. The summed E-state index contributed by atoms with van der Waals surface area (Å²) in [5.74, 6) is -0.351. The maximum atomic E-state index is 13.8. The summed E-state index contributed by atoms with van der Waals surface area (Å²) in [6, 6.07) is 2.17. The van der Waals surface area contributed by atoms with Crippen molar-refractivity contribution in [3.8, 4) is 0 Å². The van der Waals surface area contributed by atoms with Crippen molar-refractivity contribution in [1.82, 2.24) is 9.78 Å². The molecule has 0 bridgehead atoms. The van der Waals surface area contributed by atoms with Crippen LogP contribution >= 0.6 is 15.9 Å². The Hall–Kier alpha value is -2.08. The lowest BCUT2D eigenvalue weighted by Gasteiger charge is -2.32. The van der Waals surface area contributed by atoms with Gasteiger partial charge in [0.15, 0.2) is 0 Å². The molecule has 2 heterocycles. The van der Waals surface area contributed by atoms with E-state index in [2.05, 4.69) is 21.0 Å². The molecule has 1 atom stereocenters. The minimum absolute atomic E-state index is 0.0754. The fourth-order valence-corrected chi connectivity index (χ4v) is 6.63. The number of esters is 1. The number of aryl methyl sites for hydroxylation is 1. The van der Waals surface area contributed by atoms with Crippen LogP contribution in [0.1, 0.15) is 49.4 Å². The van der Waals surface area contributed by atoms with Crippen LogP contribution in [0.5, 0.6) is 0 Å². The van der Waals surface area contributed by atoms with E-state index in [9.17, 15) is 26.4 Å². The molecule has 1 aliphatic carbocycles. The number of aromatic nitrogens is 2. The van der Waals surface area contributed by atoms with Gasteiger partial charge in [-0.3, -0.25) is 0 Å². The van der Waals surface area contributed by atoms with Gasteiger partial charge < -0.3 is 9.64 Å². The molecule has 2 fully saturated rings. The predicted molar refractivity (Wildman–Crippen MR) is 117 cm³/mol. The molecule has 4 rings (SSSR count). The van der Waals surface area contributed by atoms with Gasteiger partial charge in [0, 0.05) is 11.0 Å². The van der Waals surface area contributed by atoms with Gasteiger partial charge in [0.2, 0.25) is 9.84 Å². The van der Waals surface area contributed by atoms with Crippen LogP contribution in [0.15, 0.2) is 32.5 Å². The normalized spacial score (nSPS) is 19.6. The Kier molecular flexibility index (Phi) is 6.27. The first kappa shape index (κ1) is 24.1. The first-order chi connectivity index (χ1) is 15.5. The summed E-state index contributed by atoms with van der Waals surface area (Å²) in [6.07, 6.45) is -1.33. The highest BCUT2D eigenvalue weighted by atomic mass is 79.9. The molecule has 1 aromatic carbocycles. The highest BCUT2D eigenvalue weighted by Gasteiger charge is 2.44. The average molecular weight is 550 g/mol. The quantitative estimate of drug-likeness (QED) is 0.504. The zero-order valence-electron chi connectivity index (χ0n) is 18.0.